The van der Waals surface area contributed by atoms with Crippen molar-refractivity contribution in [1.29, 1.82) is 0 Å². The van der Waals surface area contributed by atoms with Crippen LogP contribution in [0.4, 0.5) is 5.82 Å². The van der Waals surface area contributed by atoms with Crippen molar-refractivity contribution in [2.24, 2.45) is 0 Å². The monoisotopic (exact) mass is 464 g/mol. The van der Waals surface area contributed by atoms with E-state index in [-0.39, 0.29) is 19.1 Å². The van der Waals surface area contributed by atoms with E-state index in [2.05, 4.69) is 20.2 Å². The van der Waals surface area contributed by atoms with Crippen LogP contribution in [0.2, 0.25) is 10.0 Å². The summed E-state index contributed by atoms with van der Waals surface area (Å²) in [5.74, 6) is 0.789. The molecule has 1 aromatic carbocycles. The van der Waals surface area contributed by atoms with Crippen LogP contribution in [-0.2, 0) is 24.2 Å². The largest absolute Gasteiger partial charge is 0.483 e. The Morgan fingerprint density at radius 1 is 1.32 bits per heavy atom. The molecule has 0 radical (unpaired) electrons. The van der Waals surface area contributed by atoms with Crippen LogP contribution < -0.4 is 5.32 Å². The molecular weight excluding hydrogens is 439 g/mol. The van der Waals surface area contributed by atoms with Crippen molar-refractivity contribution in [2.45, 2.75) is 32.4 Å². The van der Waals surface area contributed by atoms with E-state index in [9.17, 15) is 5.11 Å². The van der Waals surface area contributed by atoms with Crippen LogP contribution in [0.1, 0.15) is 23.9 Å². The van der Waals surface area contributed by atoms with E-state index in [1.165, 1.54) is 16.6 Å². The highest BCUT2D eigenvalue weighted by atomic mass is 35.5. The lowest BCUT2D eigenvalue weighted by molar-refractivity contribution is -0.122. The van der Waals surface area contributed by atoms with Gasteiger partial charge in [0.15, 0.2) is 0 Å². The molecule has 0 saturated heterocycles. The van der Waals surface area contributed by atoms with Gasteiger partial charge in [0.1, 0.15) is 5.82 Å². The Balaban J connectivity index is 0.000000858. The van der Waals surface area contributed by atoms with Crippen LogP contribution in [0.5, 0.6) is 0 Å². The SMILES string of the molecule is CCc1nc(NCC(CO)N2CCc3c([nH]c4ccc(Cl)cc34)C2)ccc1Cl.O=CO. The third kappa shape index (κ3) is 5.49. The van der Waals surface area contributed by atoms with Gasteiger partial charge in [-0.2, -0.15) is 0 Å². The quantitative estimate of drug-likeness (QED) is 0.411. The minimum absolute atomic E-state index is 0.00528. The molecule has 0 bridgehead atoms. The lowest BCUT2D eigenvalue weighted by Gasteiger charge is -2.33. The number of rotatable bonds is 6. The Kier molecular flexibility index (Phi) is 8.15. The number of carbonyl (C=O) groups is 1. The molecule has 31 heavy (non-hydrogen) atoms. The average molecular weight is 465 g/mol. The van der Waals surface area contributed by atoms with Gasteiger partial charge in [-0.3, -0.25) is 9.69 Å². The summed E-state index contributed by atoms with van der Waals surface area (Å²) in [5.41, 5.74) is 4.55. The molecule has 4 rings (SSSR count). The first-order chi connectivity index (χ1) is 15.0. The normalized spacial score (nSPS) is 14.5. The minimum atomic E-state index is -0.250. The number of H-pyrrole nitrogens is 1. The second kappa shape index (κ2) is 10.8. The lowest BCUT2D eigenvalue weighted by Crippen LogP contribution is -2.45. The summed E-state index contributed by atoms with van der Waals surface area (Å²) in [6.45, 7) is 4.17. The molecule has 7 nitrogen and oxygen atoms in total. The van der Waals surface area contributed by atoms with Crippen molar-refractivity contribution in [3.63, 3.8) is 0 Å². The first-order valence-electron chi connectivity index (χ1n) is 10.1. The molecule has 0 amide bonds. The van der Waals surface area contributed by atoms with E-state index in [1.807, 2.05) is 37.3 Å². The number of aliphatic hydroxyl groups excluding tert-OH is 1. The maximum Gasteiger partial charge on any atom is 0.290 e. The van der Waals surface area contributed by atoms with Crippen molar-refractivity contribution in [1.82, 2.24) is 14.9 Å². The summed E-state index contributed by atoms with van der Waals surface area (Å²) in [5, 5.41) is 22.9. The fraction of sp³-hybridized carbons (Fsp3) is 0.364. The Hall–Kier alpha value is -2.32. The number of hydrogen-bond acceptors (Lipinski definition) is 5. The predicted molar refractivity (Wildman–Crippen MR) is 124 cm³/mol. The fourth-order valence-electron chi connectivity index (χ4n) is 3.91. The van der Waals surface area contributed by atoms with Crippen molar-refractivity contribution in [3.8, 4) is 0 Å². The highest BCUT2D eigenvalue weighted by molar-refractivity contribution is 6.31. The average Bonchev–Trinajstić information content (AvgIpc) is 3.13. The van der Waals surface area contributed by atoms with Crippen LogP contribution >= 0.6 is 23.2 Å². The number of pyridine rings is 1. The molecule has 166 valence electrons. The standard InChI is InChI=1S/C21H24Cl2N4O.CH2O2/c1-2-18-17(23)4-6-21(26-18)24-10-14(12-28)27-8-7-15-16-9-13(22)3-5-19(16)25-20(15)11-27;2-1-3/h3-6,9,14,25,28H,2,7-8,10-12H2,1H3,(H,24,26);1H,(H,2,3). The zero-order valence-electron chi connectivity index (χ0n) is 17.2. The molecule has 9 heteroatoms. The molecule has 0 saturated carbocycles. The van der Waals surface area contributed by atoms with Crippen LogP contribution in [0, 0.1) is 0 Å². The Labute approximate surface area is 191 Å². The highest BCUT2D eigenvalue weighted by Crippen LogP contribution is 2.30. The fourth-order valence-corrected chi connectivity index (χ4v) is 4.32. The zero-order valence-corrected chi connectivity index (χ0v) is 18.7. The summed E-state index contributed by atoms with van der Waals surface area (Å²) in [7, 11) is 0. The van der Waals surface area contributed by atoms with Gasteiger partial charge in [-0.05, 0) is 48.7 Å². The summed E-state index contributed by atoms with van der Waals surface area (Å²) < 4.78 is 0. The lowest BCUT2D eigenvalue weighted by atomic mass is 10.0. The van der Waals surface area contributed by atoms with Crippen molar-refractivity contribution < 1.29 is 15.0 Å². The third-order valence-corrected chi connectivity index (χ3v) is 6.05. The van der Waals surface area contributed by atoms with E-state index in [0.29, 0.717) is 11.6 Å². The van der Waals surface area contributed by atoms with Gasteiger partial charge in [0.25, 0.3) is 6.47 Å². The smallest absolute Gasteiger partial charge is 0.290 e. The van der Waals surface area contributed by atoms with Gasteiger partial charge in [-0.1, -0.05) is 30.1 Å². The minimum Gasteiger partial charge on any atom is -0.483 e. The number of anilines is 1. The summed E-state index contributed by atoms with van der Waals surface area (Å²) in [6.07, 6.45) is 1.72. The molecule has 1 aliphatic rings. The number of aromatic amines is 1. The van der Waals surface area contributed by atoms with Gasteiger partial charge in [0.2, 0.25) is 0 Å². The van der Waals surface area contributed by atoms with E-state index < -0.39 is 0 Å². The number of halogens is 2. The molecule has 1 unspecified atom stereocenters. The van der Waals surface area contributed by atoms with Gasteiger partial charge >= 0.3 is 0 Å². The molecule has 3 aromatic rings. The van der Waals surface area contributed by atoms with Gasteiger partial charge in [0.05, 0.1) is 23.4 Å². The molecule has 4 N–H and O–H groups in total. The summed E-state index contributed by atoms with van der Waals surface area (Å²) in [4.78, 5) is 18.7. The molecule has 3 heterocycles. The van der Waals surface area contributed by atoms with Crippen LogP contribution in [-0.4, -0.2) is 57.3 Å². The second-order valence-corrected chi connectivity index (χ2v) is 8.14. The Bertz CT molecular complexity index is 1040. The number of fused-ring (bicyclic) bond motifs is 3. The van der Waals surface area contributed by atoms with Crippen LogP contribution in [0.25, 0.3) is 10.9 Å². The van der Waals surface area contributed by atoms with E-state index in [4.69, 9.17) is 33.1 Å². The van der Waals surface area contributed by atoms with Crippen molar-refractivity contribution >= 4 is 46.4 Å². The molecule has 1 atom stereocenters. The molecule has 0 fully saturated rings. The second-order valence-electron chi connectivity index (χ2n) is 7.29. The van der Waals surface area contributed by atoms with E-state index in [0.717, 1.165) is 48.0 Å². The number of benzene rings is 1. The number of nitrogens with one attached hydrogen (secondary N) is 2. The van der Waals surface area contributed by atoms with Crippen molar-refractivity contribution in [2.75, 3.05) is 25.0 Å². The van der Waals surface area contributed by atoms with Gasteiger partial charge in [-0.15, -0.1) is 0 Å². The van der Waals surface area contributed by atoms with Crippen molar-refractivity contribution in [3.05, 3.63) is 57.3 Å². The Morgan fingerprint density at radius 3 is 2.81 bits per heavy atom. The third-order valence-electron chi connectivity index (χ3n) is 5.47. The molecule has 2 aromatic heterocycles. The first-order valence-corrected chi connectivity index (χ1v) is 10.9. The number of hydrogen-bond donors (Lipinski definition) is 4. The maximum absolute atomic E-state index is 9.97. The maximum atomic E-state index is 9.97. The number of aryl methyl sites for hydroxylation is 1. The summed E-state index contributed by atoms with van der Waals surface area (Å²) in [6, 6.07) is 9.73. The number of aliphatic hydroxyl groups is 1. The van der Waals surface area contributed by atoms with E-state index in [1.54, 1.807) is 0 Å². The predicted octanol–water partition coefficient (Wildman–Crippen LogP) is 3.96. The first kappa shape index (κ1) is 23.3. The molecule has 0 spiro atoms. The van der Waals surface area contributed by atoms with Gasteiger partial charge in [-0.25, -0.2) is 4.98 Å². The topological polar surface area (TPSA) is 101 Å². The van der Waals surface area contributed by atoms with Gasteiger partial charge < -0.3 is 20.5 Å². The Morgan fingerprint density at radius 2 is 2.10 bits per heavy atom. The molecule has 1 aliphatic heterocycles. The van der Waals surface area contributed by atoms with Gasteiger partial charge in [0, 0.05) is 41.3 Å². The zero-order chi connectivity index (χ0) is 22.4. The van der Waals surface area contributed by atoms with Crippen LogP contribution in [0.15, 0.2) is 30.3 Å². The number of aromatic nitrogens is 2. The molecule has 0 aliphatic carbocycles. The summed E-state index contributed by atoms with van der Waals surface area (Å²) >= 11 is 12.3. The van der Waals surface area contributed by atoms with E-state index >= 15 is 0 Å². The highest BCUT2D eigenvalue weighted by Gasteiger charge is 2.25. The number of carboxylic acid groups (broad SMARTS) is 1. The van der Waals surface area contributed by atoms with Crippen LogP contribution in [0.3, 0.4) is 0 Å². The molecular formula is C22H26Cl2N4O3. The number of nitrogens with zero attached hydrogens (tertiary/aromatic N) is 2.